The van der Waals surface area contributed by atoms with E-state index in [-0.39, 0.29) is 17.7 Å². The predicted octanol–water partition coefficient (Wildman–Crippen LogP) is 2.12. The normalized spacial score (nSPS) is 10.8. The summed E-state index contributed by atoms with van der Waals surface area (Å²) in [4.78, 5) is 3.70. The molecular formula is C7H6F2INO. The van der Waals surface area contributed by atoms with E-state index in [0.717, 1.165) is 6.20 Å². The monoisotopic (exact) mass is 285 g/mol. The van der Waals surface area contributed by atoms with Crippen LogP contribution < -0.4 is 0 Å². The number of rotatable bonds is 2. The van der Waals surface area contributed by atoms with E-state index in [0.29, 0.717) is 3.70 Å². The molecule has 0 spiro atoms. The highest BCUT2D eigenvalue weighted by Crippen LogP contribution is 2.22. The Hall–Kier alpha value is -0.300. The standard InChI is InChI=1S/C7H6F2INO/c8-7(9)5-2-11-6(10)1-4(5)3-12/h1-2,7,12H,3H2. The number of pyridine rings is 1. The lowest BCUT2D eigenvalue weighted by atomic mass is 10.1. The second kappa shape index (κ2) is 4.08. The second-order valence-electron chi connectivity index (χ2n) is 2.16. The smallest absolute Gasteiger partial charge is 0.265 e. The van der Waals surface area contributed by atoms with Crippen LogP contribution in [0.15, 0.2) is 12.3 Å². The van der Waals surface area contributed by atoms with Gasteiger partial charge in [0.15, 0.2) is 0 Å². The van der Waals surface area contributed by atoms with E-state index >= 15 is 0 Å². The summed E-state index contributed by atoms with van der Waals surface area (Å²) in [6, 6.07) is 1.45. The van der Waals surface area contributed by atoms with Crippen molar-refractivity contribution in [1.82, 2.24) is 4.98 Å². The first-order chi connectivity index (χ1) is 5.65. The Balaban J connectivity index is 3.11. The van der Waals surface area contributed by atoms with Crippen LogP contribution in [0.1, 0.15) is 17.6 Å². The van der Waals surface area contributed by atoms with Crippen LogP contribution in [-0.2, 0) is 6.61 Å². The Bertz CT molecular complexity index is 280. The first-order valence-electron chi connectivity index (χ1n) is 3.18. The lowest BCUT2D eigenvalue weighted by molar-refractivity contribution is 0.146. The third kappa shape index (κ3) is 2.10. The van der Waals surface area contributed by atoms with Crippen LogP contribution in [-0.4, -0.2) is 10.1 Å². The highest BCUT2D eigenvalue weighted by molar-refractivity contribution is 14.1. The number of halogens is 3. The molecule has 0 aliphatic heterocycles. The predicted molar refractivity (Wildman–Crippen MR) is 47.8 cm³/mol. The Kier molecular flexibility index (Phi) is 3.33. The fourth-order valence-electron chi connectivity index (χ4n) is 0.812. The van der Waals surface area contributed by atoms with Gasteiger partial charge in [-0.3, -0.25) is 0 Å². The van der Waals surface area contributed by atoms with Crippen molar-refractivity contribution in [3.63, 3.8) is 0 Å². The third-order valence-corrected chi connectivity index (χ3v) is 1.99. The van der Waals surface area contributed by atoms with E-state index in [1.807, 2.05) is 22.6 Å². The largest absolute Gasteiger partial charge is 0.392 e. The van der Waals surface area contributed by atoms with E-state index in [2.05, 4.69) is 4.98 Å². The number of alkyl halides is 2. The summed E-state index contributed by atoms with van der Waals surface area (Å²) in [5.74, 6) is 0. The molecule has 0 saturated heterocycles. The molecule has 0 aromatic carbocycles. The van der Waals surface area contributed by atoms with Crippen LogP contribution in [0.4, 0.5) is 8.78 Å². The number of aliphatic hydroxyl groups is 1. The molecule has 12 heavy (non-hydrogen) atoms. The van der Waals surface area contributed by atoms with E-state index in [1.165, 1.54) is 6.07 Å². The van der Waals surface area contributed by atoms with Crippen molar-refractivity contribution >= 4 is 22.6 Å². The van der Waals surface area contributed by atoms with Gasteiger partial charge in [0, 0.05) is 11.8 Å². The zero-order valence-electron chi connectivity index (χ0n) is 5.97. The highest BCUT2D eigenvalue weighted by Gasteiger charge is 2.12. The molecule has 1 rings (SSSR count). The molecule has 0 fully saturated rings. The first-order valence-corrected chi connectivity index (χ1v) is 4.26. The number of hydrogen-bond acceptors (Lipinski definition) is 2. The fraction of sp³-hybridized carbons (Fsp3) is 0.286. The number of nitrogens with zero attached hydrogens (tertiary/aromatic N) is 1. The average molecular weight is 285 g/mol. The van der Waals surface area contributed by atoms with E-state index in [1.54, 1.807) is 0 Å². The van der Waals surface area contributed by atoms with Gasteiger partial charge in [0.2, 0.25) is 0 Å². The summed E-state index contributed by atoms with van der Waals surface area (Å²) in [5, 5.41) is 8.73. The minimum absolute atomic E-state index is 0.196. The van der Waals surface area contributed by atoms with E-state index in [4.69, 9.17) is 5.11 Å². The molecule has 66 valence electrons. The van der Waals surface area contributed by atoms with Gasteiger partial charge in [-0.25, -0.2) is 13.8 Å². The van der Waals surface area contributed by atoms with E-state index < -0.39 is 6.43 Å². The molecule has 0 aliphatic carbocycles. The van der Waals surface area contributed by atoms with Crippen LogP contribution in [0, 0.1) is 3.70 Å². The van der Waals surface area contributed by atoms with Gasteiger partial charge in [0.25, 0.3) is 6.43 Å². The van der Waals surface area contributed by atoms with Crippen molar-refractivity contribution in [2.45, 2.75) is 13.0 Å². The topological polar surface area (TPSA) is 33.1 Å². The molecule has 0 radical (unpaired) electrons. The molecule has 2 nitrogen and oxygen atoms in total. The second-order valence-corrected chi connectivity index (χ2v) is 3.27. The van der Waals surface area contributed by atoms with Crippen molar-refractivity contribution in [3.8, 4) is 0 Å². The summed E-state index contributed by atoms with van der Waals surface area (Å²) < 4.78 is 25.0. The SMILES string of the molecule is OCc1cc(I)ncc1C(F)F. The molecule has 0 saturated carbocycles. The molecule has 0 atom stereocenters. The summed E-state index contributed by atoms with van der Waals surface area (Å²) in [6.45, 7) is -0.377. The van der Waals surface area contributed by atoms with E-state index in [9.17, 15) is 8.78 Å². The molecule has 0 aliphatic rings. The minimum atomic E-state index is -2.57. The molecule has 1 aromatic rings. The molecule has 0 amide bonds. The number of hydrogen-bond donors (Lipinski definition) is 1. The fourth-order valence-corrected chi connectivity index (χ4v) is 1.33. The third-order valence-electron chi connectivity index (χ3n) is 1.40. The zero-order chi connectivity index (χ0) is 9.14. The number of aromatic nitrogens is 1. The Morgan fingerprint density at radius 2 is 2.25 bits per heavy atom. The quantitative estimate of drug-likeness (QED) is 0.667. The van der Waals surface area contributed by atoms with Gasteiger partial charge in [0.05, 0.1) is 6.61 Å². The van der Waals surface area contributed by atoms with Crippen LogP contribution in [0.2, 0.25) is 0 Å². The molecule has 1 N–H and O–H groups in total. The van der Waals surface area contributed by atoms with Gasteiger partial charge in [-0.15, -0.1) is 0 Å². The molecule has 0 unspecified atom stereocenters. The lowest BCUT2D eigenvalue weighted by Gasteiger charge is -2.05. The summed E-state index contributed by atoms with van der Waals surface area (Å²) in [5.41, 5.74) is 0.0438. The van der Waals surface area contributed by atoms with Gasteiger partial charge in [-0.05, 0) is 34.2 Å². The zero-order valence-corrected chi connectivity index (χ0v) is 8.12. The summed E-state index contributed by atoms with van der Waals surface area (Å²) in [6.07, 6.45) is -1.48. The lowest BCUT2D eigenvalue weighted by Crippen LogP contribution is -1.97. The van der Waals surface area contributed by atoms with Crippen LogP contribution in [0.25, 0.3) is 0 Å². The average Bonchev–Trinajstić information content (AvgIpc) is 2.03. The maximum Gasteiger partial charge on any atom is 0.265 e. The van der Waals surface area contributed by atoms with Crippen molar-refractivity contribution in [1.29, 1.82) is 0 Å². The van der Waals surface area contributed by atoms with Gasteiger partial charge in [-0.2, -0.15) is 0 Å². The van der Waals surface area contributed by atoms with Gasteiger partial charge >= 0.3 is 0 Å². The van der Waals surface area contributed by atoms with Gasteiger partial charge < -0.3 is 5.11 Å². The van der Waals surface area contributed by atoms with Crippen molar-refractivity contribution < 1.29 is 13.9 Å². The molecule has 1 aromatic heterocycles. The van der Waals surface area contributed by atoms with Gasteiger partial charge in [-0.1, -0.05) is 0 Å². The van der Waals surface area contributed by atoms with Gasteiger partial charge in [0.1, 0.15) is 3.70 Å². The Labute approximate surface area is 81.8 Å². The molecule has 1 heterocycles. The highest BCUT2D eigenvalue weighted by atomic mass is 127. The van der Waals surface area contributed by atoms with Crippen LogP contribution in [0.5, 0.6) is 0 Å². The molecular weight excluding hydrogens is 279 g/mol. The maximum absolute atomic E-state index is 12.2. The Morgan fingerprint density at radius 1 is 1.58 bits per heavy atom. The van der Waals surface area contributed by atoms with Crippen molar-refractivity contribution in [2.24, 2.45) is 0 Å². The van der Waals surface area contributed by atoms with Crippen molar-refractivity contribution in [3.05, 3.63) is 27.1 Å². The van der Waals surface area contributed by atoms with Crippen LogP contribution >= 0.6 is 22.6 Å². The van der Waals surface area contributed by atoms with Crippen molar-refractivity contribution in [2.75, 3.05) is 0 Å². The summed E-state index contributed by atoms with van der Waals surface area (Å²) in [7, 11) is 0. The molecule has 5 heteroatoms. The first kappa shape index (κ1) is 9.79. The Morgan fingerprint density at radius 3 is 2.75 bits per heavy atom. The summed E-state index contributed by atoms with van der Waals surface area (Å²) >= 11 is 1.90. The minimum Gasteiger partial charge on any atom is -0.392 e. The maximum atomic E-state index is 12.2. The van der Waals surface area contributed by atoms with Crippen LogP contribution in [0.3, 0.4) is 0 Å². The molecule has 0 bridgehead atoms. The number of aliphatic hydroxyl groups excluding tert-OH is 1.